The molecule has 3 aromatic rings. The van der Waals surface area contributed by atoms with Crippen LogP contribution in [-0.4, -0.2) is 9.97 Å². The zero-order chi connectivity index (χ0) is 23.3. The van der Waals surface area contributed by atoms with E-state index in [9.17, 15) is 0 Å². The molecule has 0 saturated carbocycles. The Balaban J connectivity index is 1.56. The molecule has 0 unspecified atom stereocenters. The summed E-state index contributed by atoms with van der Waals surface area (Å²) in [6.07, 6.45) is 17.0. The molecule has 2 N–H and O–H groups in total. The van der Waals surface area contributed by atoms with E-state index in [-0.39, 0.29) is 0 Å². The third-order valence-corrected chi connectivity index (χ3v) is 5.59. The van der Waals surface area contributed by atoms with Crippen LogP contribution >= 0.6 is 0 Å². The number of fused-ring (bicyclic) bond motifs is 1. The summed E-state index contributed by atoms with van der Waals surface area (Å²) in [5.74, 6) is 3.94. The number of anilines is 2. The fourth-order valence-corrected chi connectivity index (χ4v) is 3.83. The van der Waals surface area contributed by atoms with Gasteiger partial charge in [-0.25, -0.2) is 9.97 Å². The van der Waals surface area contributed by atoms with Crippen LogP contribution < -0.4 is 10.6 Å². The second-order valence-corrected chi connectivity index (χ2v) is 7.94. The average molecular weight is 439 g/mol. The van der Waals surface area contributed by atoms with Crippen molar-refractivity contribution in [1.82, 2.24) is 9.97 Å². The van der Waals surface area contributed by atoms with E-state index in [1.807, 2.05) is 54.6 Å². The quantitative estimate of drug-likeness (QED) is 0.340. The predicted octanol–water partition coefficient (Wildman–Crippen LogP) is 6.52. The first kappa shape index (κ1) is 21.1. The van der Waals surface area contributed by atoms with Crippen LogP contribution in [0, 0.1) is 12.3 Å². The molecule has 0 amide bonds. The minimum absolute atomic E-state index is 0.600. The lowest BCUT2D eigenvalue weighted by Gasteiger charge is -2.17. The van der Waals surface area contributed by atoms with Gasteiger partial charge in [-0.3, -0.25) is 0 Å². The smallest absolute Gasteiger partial charge is 0.175 e. The van der Waals surface area contributed by atoms with Crippen LogP contribution in [0.2, 0.25) is 0 Å². The van der Waals surface area contributed by atoms with Crippen LogP contribution in [-0.2, 0) is 0 Å². The van der Waals surface area contributed by atoms with E-state index in [2.05, 4.69) is 52.8 Å². The predicted molar refractivity (Wildman–Crippen MR) is 140 cm³/mol. The van der Waals surface area contributed by atoms with Crippen LogP contribution in [0.1, 0.15) is 24.0 Å². The molecule has 4 nitrogen and oxygen atoms in total. The summed E-state index contributed by atoms with van der Waals surface area (Å²) in [4.78, 5) is 9.81. The van der Waals surface area contributed by atoms with Gasteiger partial charge in [0.2, 0.25) is 0 Å². The zero-order valence-electron chi connectivity index (χ0n) is 18.6. The van der Waals surface area contributed by atoms with E-state index in [1.54, 1.807) is 6.08 Å². The van der Waals surface area contributed by atoms with Gasteiger partial charge >= 0.3 is 0 Å². The van der Waals surface area contributed by atoms with Crippen molar-refractivity contribution in [1.29, 1.82) is 0 Å². The van der Waals surface area contributed by atoms with Gasteiger partial charge in [-0.05, 0) is 65.6 Å². The summed E-state index contributed by atoms with van der Waals surface area (Å²) in [5, 5.41) is 6.77. The van der Waals surface area contributed by atoms with E-state index < -0.39 is 0 Å². The van der Waals surface area contributed by atoms with Crippen LogP contribution in [0.4, 0.5) is 11.6 Å². The van der Waals surface area contributed by atoms with Gasteiger partial charge in [0, 0.05) is 11.3 Å². The summed E-state index contributed by atoms with van der Waals surface area (Å²) in [6.45, 7) is 4.29. The van der Waals surface area contributed by atoms with Crippen molar-refractivity contribution in [2.75, 3.05) is 10.6 Å². The number of nitrogens with one attached hydrogen (secondary N) is 2. The summed E-state index contributed by atoms with van der Waals surface area (Å²) in [5.41, 5.74) is 13.2. The number of allylic oxidation sites excluding steroid dienone is 7. The SMILES string of the molecule is C#CC1=CCCC(Nc2nc3ccc(C(=C)c4ccccc4)cc3nc2NC2=C=C=CC=C2)=C1. The number of aromatic nitrogens is 2. The van der Waals surface area contributed by atoms with E-state index in [4.69, 9.17) is 16.4 Å². The van der Waals surface area contributed by atoms with Crippen molar-refractivity contribution in [3.8, 4) is 12.3 Å². The van der Waals surface area contributed by atoms with E-state index in [0.29, 0.717) is 11.6 Å². The van der Waals surface area contributed by atoms with Crippen LogP contribution in [0.3, 0.4) is 0 Å². The number of hydrogen-bond donors (Lipinski definition) is 2. The van der Waals surface area contributed by atoms with E-state index in [0.717, 1.165) is 57.5 Å². The van der Waals surface area contributed by atoms with Crippen LogP contribution in [0.5, 0.6) is 0 Å². The molecular weight excluding hydrogens is 416 g/mol. The fourth-order valence-electron chi connectivity index (χ4n) is 3.83. The van der Waals surface area contributed by atoms with Gasteiger partial charge < -0.3 is 10.6 Å². The Labute approximate surface area is 199 Å². The van der Waals surface area contributed by atoms with Gasteiger partial charge in [-0.2, -0.15) is 0 Å². The molecular formula is C30H22N4. The maximum Gasteiger partial charge on any atom is 0.175 e. The number of terminal acetylenes is 1. The van der Waals surface area contributed by atoms with Crippen LogP contribution in [0.15, 0.2) is 114 Å². The zero-order valence-corrected chi connectivity index (χ0v) is 18.6. The van der Waals surface area contributed by atoms with Gasteiger partial charge in [0.25, 0.3) is 0 Å². The highest BCUT2D eigenvalue weighted by atomic mass is 15.1. The minimum Gasteiger partial charge on any atom is -0.341 e. The Hall–Kier alpha value is -4.80. The van der Waals surface area contributed by atoms with Crippen molar-refractivity contribution in [3.05, 3.63) is 125 Å². The summed E-state index contributed by atoms with van der Waals surface area (Å²) in [7, 11) is 0. The standard InChI is InChI=1S/C30H22N4/c1-3-22-11-10-16-26(19-22)32-30-29(31-25-14-8-5-9-15-25)34-28-20-24(17-18-27(28)33-30)21(2)23-12-6-4-7-13-23/h1,4-8,11-14,17-20H,2,10,16H2,(H,31,34)(H,32,33). The molecule has 2 aromatic carbocycles. The van der Waals surface area contributed by atoms with E-state index >= 15 is 0 Å². The third kappa shape index (κ3) is 4.53. The van der Waals surface area contributed by atoms with Gasteiger partial charge in [0.15, 0.2) is 11.6 Å². The molecule has 2 aliphatic rings. The lowest BCUT2D eigenvalue weighted by molar-refractivity contribution is 0.955. The van der Waals surface area contributed by atoms with Crippen molar-refractivity contribution >= 4 is 28.2 Å². The molecule has 5 rings (SSSR count). The first-order chi connectivity index (χ1) is 16.7. The molecule has 162 valence electrons. The lowest BCUT2D eigenvalue weighted by atomic mass is 9.99. The summed E-state index contributed by atoms with van der Waals surface area (Å²) in [6, 6.07) is 16.1. The minimum atomic E-state index is 0.600. The fraction of sp³-hybridized carbons (Fsp3) is 0.0667. The molecule has 34 heavy (non-hydrogen) atoms. The molecule has 0 aliphatic heterocycles. The Kier molecular flexibility index (Phi) is 5.80. The average Bonchev–Trinajstić information content (AvgIpc) is 2.89. The van der Waals surface area contributed by atoms with Gasteiger partial charge in [-0.1, -0.05) is 66.8 Å². The first-order valence-electron chi connectivity index (χ1n) is 11.1. The molecule has 0 bridgehead atoms. The Morgan fingerprint density at radius 1 is 1.00 bits per heavy atom. The Morgan fingerprint density at radius 3 is 2.62 bits per heavy atom. The topological polar surface area (TPSA) is 49.8 Å². The molecule has 0 saturated heterocycles. The maximum absolute atomic E-state index is 5.60. The largest absolute Gasteiger partial charge is 0.341 e. The van der Waals surface area contributed by atoms with Crippen molar-refractivity contribution < 1.29 is 0 Å². The normalized spacial score (nSPS) is 14.1. The molecule has 0 radical (unpaired) electrons. The monoisotopic (exact) mass is 438 g/mol. The number of benzene rings is 2. The molecule has 0 fully saturated rings. The van der Waals surface area contributed by atoms with Crippen molar-refractivity contribution in [3.63, 3.8) is 0 Å². The highest BCUT2D eigenvalue weighted by molar-refractivity contribution is 5.87. The molecule has 0 atom stereocenters. The van der Waals surface area contributed by atoms with Crippen molar-refractivity contribution in [2.45, 2.75) is 12.8 Å². The summed E-state index contributed by atoms with van der Waals surface area (Å²) >= 11 is 0. The van der Waals surface area contributed by atoms with Crippen molar-refractivity contribution in [2.24, 2.45) is 0 Å². The molecule has 1 aromatic heterocycles. The third-order valence-electron chi connectivity index (χ3n) is 5.59. The van der Waals surface area contributed by atoms with Gasteiger partial charge in [-0.15, -0.1) is 6.42 Å². The molecule has 2 aliphatic carbocycles. The number of nitrogens with zero attached hydrogens (tertiary/aromatic N) is 2. The molecule has 4 heteroatoms. The Morgan fingerprint density at radius 2 is 1.82 bits per heavy atom. The summed E-state index contributed by atoms with van der Waals surface area (Å²) < 4.78 is 0. The molecule has 1 heterocycles. The lowest BCUT2D eigenvalue weighted by Crippen LogP contribution is -2.10. The highest BCUT2D eigenvalue weighted by Gasteiger charge is 2.14. The van der Waals surface area contributed by atoms with Gasteiger partial charge in [0.1, 0.15) is 0 Å². The first-order valence-corrected chi connectivity index (χ1v) is 11.1. The molecule has 0 spiro atoms. The second-order valence-electron chi connectivity index (χ2n) is 7.94. The maximum atomic E-state index is 5.60. The van der Waals surface area contributed by atoms with Gasteiger partial charge in [0.05, 0.1) is 16.7 Å². The number of rotatable bonds is 6. The second kappa shape index (κ2) is 9.36. The highest BCUT2D eigenvalue weighted by Crippen LogP contribution is 2.29. The Bertz CT molecular complexity index is 1530. The van der Waals surface area contributed by atoms with E-state index in [1.165, 1.54) is 0 Å². The number of hydrogen-bond acceptors (Lipinski definition) is 4. The van der Waals surface area contributed by atoms with Crippen LogP contribution in [0.25, 0.3) is 16.6 Å².